The van der Waals surface area contributed by atoms with Gasteiger partial charge in [-0.05, 0) is 25.0 Å². The summed E-state index contributed by atoms with van der Waals surface area (Å²) in [6.07, 6.45) is -0.892. The number of unbranched alkanes of at least 4 members (excludes halogenated alkanes) is 1. The molecule has 2 rings (SSSR count). The van der Waals surface area contributed by atoms with Crippen molar-refractivity contribution in [2.45, 2.75) is 38.8 Å². The summed E-state index contributed by atoms with van der Waals surface area (Å²) < 4.78 is 37.8. The Morgan fingerprint density at radius 3 is 2.36 bits per heavy atom. The highest BCUT2D eigenvalue weighted by molar-refractivity contribution is 7.15. The lowest BCUT2D eigenvalue weighted by molar-refractivity contribution is -0.137. The molecule has 120 valence electrons. The lowest BCUT2D eigenvalue weighted by Crippen LogP contribution is -2.03. The quantitative estimate of drug-likeness (QED) is 0.833. The average Bonchev–Trinajstić information content (AvgIpc) is 2.88. The van der Waals surface area contributed by atoms with E-state index in [1.54, 1.807) is 0 Å². The van der Waals surface area contributed by atoms with Gasteiger partial charge < -0.3 is 5.11 Å². The van der Waals surface area contributed by atoms with Crippen molar-refractivity contribution in [2.24, 2.45) is 0 Å². The minimum absolute atomic E-state index is 0.0494. The number of hydrogen-bond donors (Lipinski definition) is 1. The highest BCUT2D eigenvalue weighted by Crippen LogP contribution is 2.33. The molecule has 0 fully saturated rings. The van der Waals surface area contributed by atoms with Crippen LogP contribution in [0.25, 0.3) is 10.6 Å². The molecule has 0 bridgehead atoms. The van der Waals surface area contributed by atoms with E-state index in [-0.39, 0.29) is 6.61 Å². The summed E-state index contributed by atoms with van der Waals surface area (Å²) >= 11 is 1.45. The number of thiazole rings is 1. The van der Waals surface area contributed by atoms with Gasteiger partial charge in [-0.1, -0.05) is 25.5 Å². The Hall–Kier alpha value is -1.40. The normalized spacial score (nSPS) is 11.9. The minimum Gasteiger partial charge on any atom is -0.396 e. The van der Waals surface area contributed by atoms with Gasteiger partial charge in [-0.3, -0.25) is 0 Å². The Labute approximate surface area is 131 Å². The summed E-state index contributed by atoms with van der Waals surface area (Å²) in [6, 6.07) is 5.06. The number of aryl methyl sites for hydroxylation is 1. The van der Waals surface area contributed by atoms with Crippen molar-refractivity contribution in [3.63, 3.8) is 0 Å². The van der Waals surface area contributed by atoms with Crippen molar-refractivity contribution in [3.8, 4) is 10.6 Å². The Bertz CT molecular complexity index is 605. The first-order valence-corrected chi connectivity index (χ1v) is 8.04. The number of hydrogen-bond acceptors (Lipinski definition) is 3. The van der Waals surface area contributed by atoms with E-state index in [1.165, 1.54) is 23.5 Å². The van der Waals surface area contributed by atoms with Crippen LogP contribution in [0.1, 0.15) is 35.9 Å². The number of benzene rings is 1. The maximum atomic E-state index is 12.6. The van der Waals surface area contributed by atoms with Crippen LogP contribution in [-0.2, 0) is 19.0 Å². The number of halogens is 3. The molecule has 2 nitrogen and oxygen atoms in total. The number of aliphatic hydroxyl groups is 1. The first-order chi connectivity index (χ1) is 10.5. The van der Waals surface area contributed by atoms with Gasteiger partial charge in [0.2, 0.25) is 0 Å². The van der Waals surface area contributed by atoms with E-state index in [0.717, 1.165) is 42.0 Å². The highest BCUT2D eigenvalue weighted by atomic mass is 32.1. The van der Waals surface area contributed by atoms with E-state index < -0.39 is 11.7 Å². The average molecular weight is 329 g/mol. The van der Waals surface area contributed by atoms with E-state index >= 15 is 0 Å². The van der Waals surface area contributed by atoms with Crippen molar-refractivity contribution < 1.29 is 18.3 Å². The van der Waals surface area contributed by atoms with Gasteiger partial charge in [-0.2, -0.15) is 13.2 Å². The van der Waals surface area contributed by atoms with Gasteiger partial charge in [-0.25, -0.2) is 4.98 Å². The summed E-state index contributed by atoms with van der Waals surface area (Å²) in [7, 11) is 0. The Kier molecular flexibility index (Phi) is 5.58. The zero-order valence-corrected chi connectivity index (χ0v) is 13.1. The van der Waals surface area contributed by atoms with Crippen molar-refractivity contribution in [1.29, 1.82) is 0 Å². The molecule has 1 aromatic heterocycles. The summed E-state index contributed by atoms with van der Waals surface area (Å²) in [6.45, 7) is 2.14. The standard InChI is InChI=1S/C16H18F3NOS/c1-2-3-4-13-14(9-10-21)22-15(20-13)11-5-7-12(8-6-11)16(17,18)19/h5-8,21H,2-4,9-10H2,1H3. The molecule has 1 heterocycles. The summed E-state index contributed by atoms with van der Waals surface area (Å²) in [5.74, 6) is 0. The molecular weight excluding hydrogens is 311 g/mol. The Balaban J connectivity index is 2.28. The monoisotopic (exact) mass is 329 g/mol. The van der Waals surface area contributed by atoms with Crippen LogP contribution in [0.5, 0.6) is 0 Å². The number of aliphatic hydroxyl groups excluding tert-OH is 1. The van der Waals surface area contributed by atoms with Crippen LogP contribution >= 0.6 is 11.3 Å². The fourth-order valence-electron chi connectivity index (χ4n) is 2.15. The zero-order chi connectivity index (χ0) is 16.2. The molecule has 0 saturated carbocycles. The van der Waals surface area contributed by atoms with Crippen LogP contribution in [0.15, 0.2) is 24.3 Å². The zero-order valence-electron chi connectivity index (χ0n) is 12.3. The largest absolute Gasteiger partial charge is 0.416 e. The molecule has 1 N–H and O–H groups in total. The van der Waals surface area contributed by atoms with E-state index in [2.05, 4.69) is 11.9 Å². The van der Waals surface area contributed by atoms with Crippen molar-refractivity contribution in [1.82, 2.24) is 4.98 Å². The van der Waals surface area contributed by atoms with Gasteiger partial charge in [0.1, 0.15) is 5.01 Å². The topological polar surface area (TPSA) is 33.1 Å². The summed E-state index contributed by atoms with van der Waals surface area (Å²) in [4.78, 5) is 5.57. The van der Waals surface area contributed by atoms with E-state index in [9.17, 15) is 13.2 Å². The molecule has 0 amide bonds. The van der Waals surface area contributed by atoms with Gasteiger partial charge in [0.05, 0.1) is 11.3 Å². The molecule has 0 spiro atoms. The van der Waals surface area contributed by atoms with Gasteiger partial charge in [-0.15, -0.1) is 11.3 Å². The third-order valence-corrected chi connectivity index (χ3v) is 4.55. The fraction of sp³-hybridized carbons (Fsp3) is 0.438. The second-order valence-electron chi connectivity index (χ2n) is 5.04. The SMILES string of the molecule is CCCCc1nc(-c2ccc(C(F)(F)F)cc2)sc1CCO. The molecule has 0 saturated heterocycles. The van der Waals surface area contributed by atoms with Crippen LogP contribution < -0.4 is 0 Å². The molecule has 6 heteroatoms. The predicted molar refractivity (Wildman–Crippen MR) is 82.0 cm³/mol. The van der Waals surface area contributed by atoms with Gasteiger partial charge in [0.15, 0.2) is 0 Å². The molecule has 1 aromatic carbocycles. The molecule has 22 heavy (non-hydrogen) atoms. The fourth-order valence-corrected chi connectivity index (χ4v) is 3.25. The summed E-state index contributed by atoms with van der Waals surface area (Å²) in [5.41, 5.74) is 0.977. The third kappa shape index (κ3) is 4.08. The molecule has 0 unspecified atom stereocenters. The number of rotatable bonds is 6. The van der Waals surface area contributed by atoms with Crippen LogP contribution in [0.3, 0.4) is 0 Å². The lowest BCUT2D eigenvalue weighted by atomic mass is 10.1. The molecule has 0 radical (unpaired) electrons. The van der Waals surface area contributed by atoms with Crippen molar-refractivity contribution in [3.05, 3.63) is 40.4 Å². The number of aromatic nitrogens is 1. The number of alkyl halides is 3. The van der Waals surface area contributed by atoms with Crippen molar-refractivity contribution >= 4 is 11.3 Å². The predicted octanol–water partition coefficient (Wildman–Crippen LogP) is 4.71. The third-order valence-electron chi connectivity index (χ3n) is 3.34. The van der Waals surface area contributed by atoms with Gasteiger partial charge in [0.25, 0.3) is 0 Å². The second kappa shape index (κ2) is 7.24. The summed E-state index contributed by atoms with van der Waals surface area (Å²) in [5, 5.41) is 9.84. The van der Waals surface area contributed by atoms with E-state index in [1.807, 2.05) is 0 Å². The van der Waals surface area contributed by atoms with Crippen molar-refractivity contribution in [2.75, 3.05) is 6.61 Å². The minimum atomic E-state index is -4.32. The maximum absolute atomic E-state index is 12.6. The molecule has 0 atom stereocenters. The van der Waals surface area contributed by atoms with Gasteiger partial charge >= 0.3 is 6.18 Å². The number of nitrogens with zero attached hydrogens (tertiary/aromatic N) is 1. The van der Waals surface area contributed by atoms with Crippen LogP contribution in [-0.4, -0.2) is 16.7 Å². The van der Waals surface area contributed by atoms with Gasteiger partial charge in [0, 0.05) is 23.5 Å². The van der Waals surface area contributed by atoms with Crippen LogP contribution in [0.4, 0.5) is 13.2 Å². The second-order valence-corrected chi connectivity index (χ2v) is 6.12. The molecule has 0 aliphatic rings. The van der Waals surface area contributed by atoms with E-state index in [0.29, 0.717) is 17.0 Å². The molecule has 0 aliphatic heterocycles. The lowest BCUT2D eigenvalue weighted by Gasteiger charge is -2.06. The Morgan fingerprint density at radius 2 is 1.82 bits per heavy atom. The molecular formula is C16H18F3NOS. The van der Waals surface area contributed by atoms with Crippen LogP contribution in [0.2, 0.25) is 0 Å². The molecule has 2 aromatic rings. The first kappa shape index (κ1) is 17.0. The maximum Gasteiger partial charge on any atom is 0.416 e. The molecule has 0 aliphatic carbocycles. The Morgan fingerprint density at radius 1 is 1.14 bits per heavy atom. The van der Waals surface area contributed by atoms with E-state index in [4.69, 9.17) is 5.11 Å². The van der Waals surface area contributed by atoms with Crippen LogP contribution in [0, 0.1) is 0 Å². The first-order valence-electron chi connectivity index (χ1n) is 7.22. The highest BCUT2D eigenvalue weighted by Gasteiger charge is 2.30. The smallest absolute Gasteiger partial charge is 0.396 e.